The van der Waals surface area contributed by atoms with Gasteiger partial charge in [-0.1, -0.05) is 0 Å². The first kappa shape index (κ1) is 10.7. The molecule has 0 aromatic heterocycles. The number of carboxylic acids is 1. The van der Waals surface area contributed by atoms with Crippen LogP contribution in [0.2, 0.25) is 0 Å². The first-order valence-corrected chi connectivity index (χ1v) is 4.46. The van der Waals surface area contributed by atoms with E-state index in [2.05, 4.69) is 10.6 Å². The summed E-state index contributed by atoms with van der Waals surface area (Å²) in [6, 6.07) is 0. The van der Waals surface area contributed by atoms with Crippen molar-refractivity contribution in [1.29, 1.82) is 0 Å². The summed E-state index contributed by atoms with van der Waals surface area (Å²) in [7, 11) is 0. The molecule has 1 unspecified atom stereocenters. The second kappa shape index (κ2) is 4.23. The van der Waals surface area contributed by atoms with E-state index in [0.29, 0.717) is 0 Å². The van der Waals surface area contributed by atoms with E-state index in [1.54, 1.807) is 0 Å². The van der Waals surface area contributed by atoms with Gasteiger partial charge in [0.15, 0.2) is 0 Å². The third-order valence-electron chi connectivity index (χ3n) is 2.17. The Kier molecular flexibility index (Phi) is 3.24. The van der Waals surface area contributed by atoms with Crippen molar-refractivity contribution >= 4 is 11.9 Å². The molecule has 0 aromatic rings. The smallest absolute Gasteiger partial charge is 0.328 e. The van der Waals surface area contributed by atoms with Crippen molar-refractivity contribution < 1.29 is 14.7 Å². The molecule has 5 heteroatoms. The van der Waals surface area contributed by atoms with Gasteiger partial charge in [0.25, 0.3) is 0 Å². The van der Waals surface area contributed by atoms with Gasteiger partial charge < -0.3 is 15.7 Å². The van der Waals surface area contributed by atoms with E-state index < -0.39 is 5.97 Å². The topological polar surface area (TPSA) is 78.4 Å². The van der Waals surface area contributed by atoms with Crippen molar-refractivity contribution in [2.75, 3.05) is 13.1 Å². The zero-order chi connectivity index (χ0) is 10.6. The number of aliphatic carboxylic acids is 1. The average Bonchev–Trinajstić information content (AvgIpc) is 2.48. The van der Waals surface area contributed by atoms with E-state index in [1.165, 1.54) is 0 Å². The maximum Gasteiger partial charge on any atom is 0.328 e. The molecule has 1 rings (SSSR count). The molecule has 14 heavy (non-hydrogen) atoms. The molecular formula is C9H14N2O3. The van der Waals surface area contributed by atoms with E-state index in [-0.39, 0.29) is 11.4 Å². The van der Waals surface area contributed by atoms with Crippen LogP contribution in [0.4, 0.5) is 0 Å². The summed E-state index contributed by atoms with van der Waals surface area (Å²) in [5, 5.41) is 14.2. The maximum absolute atomic E-state index is 11.2. The number of carboxylic acid groups (broad SMARTS) is 1. The Morgan fingerprint density at radius 3 is 2.71 bits per heavy atom. The summed E-state index contributed by atoms with van der Waals surface area (Å²) in [5.41, 5.74) is -0.250. The Balaban J connectivity index is 2.44. The van der Waals surface area contributed by atoms with Gasteiger partial charge in [0, 0.05) is 18.7 Å². The van der Waals surface area contributed by atoms with E-state index in [4.69, 9.17) is 5.11 Å². The minimum absolute atomic E-state index is 0.250. The molecule has 1 atom stereocenters. The van der Waals surface area contributed by atoms with Gasteiger partial charge in [-0.2, -0.15) is 0 Å². The van der Waals surface area contributed by atoms with Gasteiger partial charge in [-0.25, -0.2) is 4.79 Å². The van der Waals surface area contributed by atoms with Crippen molar-refractivity contribution in [3.63, 3.8) is 0 Å². The largest absolute Gasteiger partial charge is 0.478 e. The third kappa shape index (κ3) is 3.18. The number of carbonyl (C=O) groups is 2. The van der Waals surface area contributed by atoms with Crippen LogP contribution in [0.5, 0.6) is 0 Å². The molecule has 1 fully saturated rings. The van der Waals surface area contributed by atoms with Crippen LogP contribution in [-0.4, -0.2) is 35.6 Å². The maximum atomic E-state index is 11.2. The molecule has 5 nitrogen and oxygen atoms in total. The molecule has 0 bridgehead atoms. The summed E-state index contributed by atoms with van der Waals surface area (Å²) in [6.45, 7) is 3.53. The van der Waals surface area contributed by atoms with Crippen molar-refractivity contribution in [2.24, 2.45) is 0 Å². The normalized spacial score (nSPS) is 26.6. The lowest BCUT2D eigenvalue weighted by Crippen LogP contribution is -2.46. The van der Waals surface area contributed by atoms with E-state index >= 15 is 0 Å². The van der Waals surface area contributed by atoms with Crippen molar-refractivity contribution in [3.8, 4) is 0 Å². The van der Waals surface area contributed by atoms with Crippen LogP contribution >= 0.6 is 0 Å². The van der Waals surface area contributed by atoms with Crippen LogP contribution in [0.1, 0.15) is 13.3 Å². The molecule has 0 aliphatic carbocycles. The lowest BCUT2D eigenvalue weighted by Gasteiger charge is -2.23. The molecule has 1 aliphatic rings. The van der Waals surface area contributed by atoms with Crippen LogP contribution < -0.4 is 10.6 Å². The summed E-state index contributed by atoms with van der Waals surface area (Å²) < 4.78 is 0. The van der Waals surface area contributed by atoms with Gasteiger partial charge in [0.1, 0.15) is 0 Å². The average molecular weight is 198 g/mol. The Hall–Kier alpha value is -1.36. The number of amides is 1. The second-order valence-corrected chi connectivity index (χ2v) is 3.65. The zero-order valence-electron chi connectivity index (χ0n) is 8.04. The summed E-state index contributed by atoms with van der Waals surface area (Å²) in [4.78, 5) is 21.4. The fraction of sp³-hybridized carbons (Fsp3) is 0.556. The first-order chi connectivity index (χ1) is 6.52. The predicted octanol–water partition coefficient (Wildman–Crippen LogP) is -0.505. The minimum Gasteiger partial charge on any atom is -0.478 e. The van der Waals surface area contributed by atoms with Crippen LogP contribution in [0, 0.1) is 0 Å². The van der Waals surface area contributed by atoms with Gasteiger partial charge >= 0.3 is 5.97 Å². The van der Waals surface area contributed by atoms with E-state index in [0.717, 1.165) is 31.7 Å². The molecule has 1 amide bonds. The number of nitrogens with one attached hydrogen (secondary N) is 2. The summed E-state index contributed by atoms with van der Waals surface area (Å²) >= 11 is 0. The monoisotopic (exact) mass is 198 g/mol. The quantitative estimate of drug-likeness (QED) is 0.534. The minimum atomic E-state index is -1.12. The lowest BCUT2D eigenvalue weighted by atomic mass is 10.0. The first-order valence-electron chi connectivity index (χ1n) is 4.46. The Morgan fingerprint density at radius 1 is 1.50 bits per heavy atom. The molecule has 0 saturated carbocycles. The third-order valence-corrected chi connectivity index (χ3v) is 2.17. The fourth-order valence-electron chi connectivity index (χ4n) is 1.41. The highest BCUT2D eigenvalue weighted by atomic mass is 16.4. The van der Waals surface area contributed by atoms with E-state index in [9.17, 15) is 9.59 Å². The number of carbonyl (C=O) groups excluding carboxylic acids is 1. The molecule has 0 radical (unpaired) electrons. The molecular weight excluding hydrogens is 184 g/mol. The van der Waals surface area contributed by atoms with Crippen LogP contribution in [0.25, 0.3) is 0 Å². The number of hydrogen-bond acceptors (Lipinski definition) is 3. The van der Waals surface area contributed by atoms with E-state index in [1.807, 2.05) is 6.92 Å². The lowest BCUT2D eigenvalue weighted by molar-refractivity contribution is -0.131. The highest BCUT2D eigenvalue weighted by molar-refractivity contribution is 5.94. The Labute approximate surface area is 82.2 Å². The van der Waals surface area contributed by atoms with Crippen molar-refractivity contribution in [2.45, 2.75) is 18.9 Å². The molecule has 3 N–H and O–H groups in total. The highest BCUT2D eigenvalue weighted by Gasteiger charge is 2.29. The second-order valence-electron chi connectivity index (χ2n) is 3.65. The standard InChI is InChI=1S/C9H14N2O3/c1-9(4-5-10-6-9)11-7(12)2-3-8(13)14/h2-3,10H,4-6H2,1H3,(H,11,12)(H,13,14)/b3-2+. The van der Waals surface area contributed by atoms with Gasteiger partial charge in [-0.15, -0.1) is 0 Å². The molecule has 1 saturated heterocycles. The van der Waals surface area contributed by atoms with Gasteiger partial charge in [0.05, 0.1) is 5.54 Å². The Bertz CT molecular complexity index is 267. The molecule has 1 aliphatic heterocycles. The van der Waals surface area contributed by atoms with Gasteiger partial charge in [0.2, 0.25) is 5.91 Å². The molecule has 0 spiro atoms. The van der Waals surface area contributed by atoms with Crippen LogP contribution in [0.3, 0.4) is 0 Å². The Morgan fingerprint density at radius 2 is 2.21 bits per heavy atom. The fourth-order valence-corrected chi connectivity index (χ4v) is 1.41. The number of hydrogen-bond donors (Lipinski definition) is 3. The van der Waals surface area contributed by atoms with Crippen LogP contribution in [0.15, 0.2) is 12.2 Å². The van der Waals surface area contributed by atoms with Crippen molar-refractivity contribution in [3.05, 3.63) is 12.2 Å². The highest BCUT2D eigenvalue weighted by Crippen LogP contribution is 2.12. The van der Waals surface area contributed by atoms with Gasteiger partial charge in [-0.05, 0) is 19.9 Å². The number of rotatable bonds is 3. The van der Waals surface area contributed by atoms with Gasteiger partial charge in [-0.3, -0.25) is 4.79 Å². The summed E-state index contributed by atoms with van der Waals surface area (Å²) in [6.07, 6.45) is 2.73. The molecule has 78 valence electrons. The van der Waals surface area contributed by atoms with Crippen molar-refractivity contribution in [1.82, 2.24) is 10.6 Å². The molecule has 0 aromatic carbocycles. The zero-order valence-corrected chi connectivity index (χ0v) is 8.04. The SMILES string of the molecule is CC1(NC(=O)/C=C/C(=O)O)CCNC1. The predicted molar refractivity (Wildman–Crippen MR) is 50.8 cm³/mol. The summed E-state index contributed by atoms with van der Waals surface area (Å²) in [5.74, 6) is -1.48. The van der Waals surface area contributed by atoms with Crippen LogP contribution in [-0.2, 0) is 9.59 Å². The molecule has 1 heterocycles.